The predicted molar refractivity (Wildman–Crippen MR) is 122 cm³/mol. The van der Waals surface area contributed by atoms with Gasteiger partial charge in [-0.15, -0.1) is 0 Å². The largest absolute Gasteiger partial charge is 0.497 e. The number of rotatable bonds is 8. The monoisotopic (exact) mass is 438 g/mol. The molecular weight excluding hydrogens is 408 g/mol. The van der Waals surface area contributed by atoms with Gasteiger partial charge in [0.1, 0.15) is 5.75 Å². The van der Waals surface area contributed by atoms with Gasteiger partial charge in [0.25, 0.3) is 0 Å². The van der Waals surface area contributed by atoms with E-state index in [2.05, 4.69) is 12.2 Å². The Morgan fingerprint density at radius 1 is 1.12 bits per heavy atom. The fourth-order valence-corrected chi connectivity index (χ4v) is 4.06. The molecule has 0 aromatic heterocycles. The summed E-state index contributed by atoms with van der Waals surface area (Å²) in [7, 11) is 2.91. The molecule has 2 aromatic carbocycles. The molecule has 1 saturated heterocycles. The number of hydrogen-bond acceptors (Lipinski definition) is 5. The van der Waals surface area contributed by atoms with Gasteiger partial charge in [-0.1, -0.05) is 31.5 Å². The van der Waals surface area contributed by atoms with E-state index in [0.717, 1.165) is 29.7 Å². The number of unbranched alkanes of at least 4 members (excludes halogenated alkanes) is 1. The van der Waals surface area contributed by atoms with Gasteiger partial charge in [-0.2, -0.15) is 0 Å². The summed E-state index contributed by atoms with van der Waals surface area (Å²) in [5.41, 5.74) is 2.60. The van der Waals surface area contributed by atoms with E-state index in [1.54, 1.807) is 25.3 Å². The summed E-state index contributed by atoms with van der Waals surface area (Å²) >= 11 is 0. The number of aryl methyl sites for hydroxylation is 1. The summed E-state index contributed by atoms with van der Waals surface area (Å²) in [5, 5.41) is 2.94. The summed E-state index contributed by atoms with van der Waals surface area (Å²) in [6, 6.07) is 12.2. The number of ether oxygens (including phenoxy) is 2. The van der Waals surface area contributed by atoms with Crippen LogP contribution in [0.1, 0.15) is 53.7 Å². The summed E-state index contributed by atoms with van der Waals surface area (Å²) in [5.74, 6) is -0.579. The minimum absolute atomic E-state index is 0.0283. The molecule has 32 heavy (non-hydrogen) atoms. The van der Waals surface area contributed by atoms with Crippen molar-refractivity contribution in [1.82, 2.24) is 4.90 Å². The number of nitrogens with one attached hydrogen (secondary N) is 1. The molecule has 0 unspecified atom stereocenters. The van der Waals surface area contributed by atoms with Crippen molar-refractivity contribution in [1.29, 1.82) is 0 Å². The van der Waals surface area contributed by atoms with E-state index in [0.29, 0.717) is 17.8 Å². The highest BCUT2D eigenvalue weighted by Crippen LogP contribution is 2.39. The first-order chi connectivity index (χ1) is 15.4. The number of methoxy groups -OCH3 is 2. The predicted octanol–water partition coefficient (Wildman–Crippen LogP) is 4.12. The van der Waals surface area contributed by atoms with E-state index < -0.39 is 11.9 Å². The lowest BCUT2D eigenvalue weighted by Crippen LogP contribution is -2.33. The summed E-state index contributed by atoms with van der Waals surface area (Å²) in [4.78, 5) is 39.9. The van der Waals surface area contributed by atoms with E-state index >= 15 is 0 Å². The highest BCUT2D eigenvalue weighted by atomic mass is 16.5. The maximum atomic E-state index is 13.4. The number of hydrogen-bond donors (Lipinski definition) is 1. The third-order valence-corrected chi connectivity index (χ3v) is 5.89. The number of benzene rings is 2. The van der Waals surface area contributed by atoms with Gasteiger partial charge in [-0.25, -0.2) is 4.79 Å². The first-order valence-electron chi connectivity index (χ1n) is 10.8. The van der Waals surface area contributed by atoms with Crippen LogP contribution in [0.25, 0.3) is 0 Å². The fraction of sp³-hybridized carbons (Fsp3) is 0.400. The average molecular weight is 439 g/mol. The number of carbonyl (C=O) groups excluding carboxylic acids is 3. The van der Waals surface area contributed by atoms with Crippen LogP contribution in [0.5, 0.6) is 5.75 Å². The molecule has 2 aromatic rings. The van der Waals surface area contributed by atoms with E-state index in [1.165, 1.54) is 7.11 Å². The number of carbonyl (C=O) groups is 3. The molecular formula is C25H30N2O5. The third-order valence-electron chi connectivity index (χ3n) is 5.89. The van der Waals surface area contributed by atoms with Crippen molar-refractivity contribution in [3.05, 3.63) is 59.2 Å². The van der Waals surface area contributed by atoms with Crippen LogP contribution in [0.2, 0.25) is 0 Å². The Hall–Kier alpha value is -3.35. The summed E-state index contributed by atoms with van der Waals surface area (Å²) in [6.45, 7) is 4.53. The Kier molecular flexibility index (Phi) is 7.51. The van der Waals surface area contributed by atoms with Gasteiger partial charge in [0.05, 0.1) is 31.7 Å². The number of nitrogens with zero attached hydrogens (tertiary/aromatic N) is 1. The number of likely N-dealkylation sites (tertiary alicyclic amines) is 1. The molecule has 3 rings (SSSR count). The molecule has 2 amide bonds. The van der Waals surface area contributed by atoms with Crippen molar-refractivity contribution < 1.29 is 23.9 Å². The second-order valence-corrected chi connectivity index (χ2v) is 7.98. The van der Waals surface area contributed by atoms with Crippen molar-refractivity contribution in [2.45, 2.75) is 39.2 Å². The Balaban J connectivity index is 1.90. The van der Waals surface area contributed by atoms with Gasteiger partial charge < -0.3 is 19.7 Å². The molecule has 7 nitrogen and oxygen atoms in total. The highest BCUT2D eigenvalue weighted by molar-refractivity contribution is 5.99. The SMILES string of the molecule is CCCCN1C(=O)C[C@H](C(=O)Nc2cc(C(=O)OC)ccc2C)[C@@H]1c1ccc(OC)cc1. The minimum atomic E-state index is -0.547. The zero-order chi connectivity index (χ0) is 23.3. The van der Waals surface area contributed by atoms with E-state index in [-0.39, 0.29) is 24.3 Å². The third kappa shape index (κ3) is 4.93. The fourth-order valence-electron chi connectivity index (χ4n) is 4.06. The molecule has 0 aliphatic carbocycles. The van der Waals surface area contributed by atoms with E-state index in [9.17, 15) is 14.4 Å². The normalized spacial score (nSPS) is 17.9. The summed E-state index contributed by atoms with van der Waals surface area (Å²) in [6.07, 6.45) is 1.96. The van der Waals surface area contributed by atoms with Gasteiger partial charge in [-0.05, 0) is 48.7 Å². The molecule has 1 heterocycles. The minimum Gasteiger partial charge on any atom is -0.497 e. The van der Waals surface area contributed by atoms with Crippen molar-refractivity contribution >= 4 is 23.5 Å². The quantitative estimate of drug-likeness (QED) is 0.627. The Morgan fingerprint density at radius 2 is 1.84 bits per heavy atom. The summed E-state index contributed by atoms with van der Waals surface area (Å²) < 4.78 is 10.0. The molecule has 2 atom stereocenters. The number of esters is 1. The van der Waals surface area contributed by atoms with Crippen molar-refractivity contribution in [2.75, 3.05) is 26.1 Å². The van der Waals surface area contributed by atoms with Gasteiger partial charge in [0.2, 0.25) is 11.8 Å². The Labute approximate surface area is 188 Å². The van der Waals surface area contributed by atoms with Crippen molar-refractivity contribution in [2.24, 2.45) is 5.92 Å². The second-order valence-electron chi connectivity index (χ2n) is 7.98. The van der Waals surface area contributed by atoms with E-state index in [4.69, 9.17) is 9.47 Å². The lowest BCUT2D eigenvalue weighted by atomic mass is 9.92. The molecule has 1 aliphatic heterocycles. The van der Waals surface area contributed by atoms with Crippen LogP contribution in [0.3, 0.4) is 0 Å². The molecule has 0 bridgehead atoms. The lowest BCUT2D eigenvalue weighted by molar-refractivity contribution is -0.129. The van der Waals surface area contributed by atoms with Gasteiger partial charge >= 0.3 is 5.97 Å². The second kappa shape index (κ2) is 10.3. The first-order valence-corrected chi connectivity index (χ1v) is 10.8. The Bertz CT molecular complexity index is 986. The molecule has 0 saturated carbocycles. The highest BCUT2D eigenvalue weighted by Gasteiger charge is 2.44. The Morgan fingerprint density at radius 3 is 2.47 bits per heavy atom. The smallest absolute Gasteiger partial charge is 0.337 e. The van der Waals surface area contributed by atoms with Crippen LogP contribution >= 0.6 is 0 Å². The number of amides is 2. The molecule has 0 radical (unpaired) electrons. The van der Waals surface area contributed by atoms with Crippen molar-refractivity contribution in [3.8, 4) is 5.75 Å². The van der Waals surface area contributed by atoms with Crippen LogP contribution in [0.15, 0.2) is 42.5 Å². The van der Waals surface area contributed by atoms with Gasteiger partial charge in [0, 0.05) is 18.7 Å². The van der Waals surface area contributed by atoms with Crippen molar-refractivity contribution in [3.63, 3.8) is 0 Å². The average Bonchev–Trinajstić information content (AvgIpc) is 3.14. The standard InChI is InChI=1S/C25H30N2O5/c1-5-6-13-27-22(28)15-20(23(27)17-9-11-19(31-3)12-10-17)24(29)26-21-14-18(25(30)32-4)8-7-16(21)2/h7-12,14,20,23H,5-6,13,15H2,1-4H3,(H,26,29)/t20-,23-/m0/s1. The van der Waals surface area contributed by atoms with Gasteiger partial charge in [-0.3, -0.25) is 9.59 Å². The van der Waals surface area contributed by atoms with Crippen LogP contribution in [0, 0.1) is 12.8 Å². The van der Waals surface area contributed by atoms with Crippen LogP contribution in [-0.4, -0.2) is 43.4 Å². The van der Waals surface area contributed by atoms with Crippen LogP contribution < -0.4 is 10.1 Å². The first kappa shape index (κ1) is 23.3. The zero-order valence-corrected chi connectivity index (χ0v) is 19.0. The zero-order valence-electron chi connectivity index (χ0n) is 19.0. The van der Waals surface area contributed by atoms with Gasteiger partial charge in [0.15, 0.2) is 0 Å². The molecule has 7 heteroatoms. The molecule has 1 N–H and O–H groups in total. The number of anilines is 1. The molecule has 1 aliphatic rings. The molecule has 170 valence electrons. The topological polar surface area (TPSA) is 84.9 Å². The lowest BCUT2D eigenvalue weighted by Gasteiger charge is -2.28. The van der Waals surface area contributed by atoms with Crippen LogP contribution in [-0.2, 0) is 14.3 Å². The van der Waals surface area contributed by atoms with E-state index in [1.807, 2.05) is 36.1 Å². The molecule has 1 fully saturated rings. The van der Waals surface area contributed by atoms with Crippen LogP contribution in [0.4, 0.5) is 5.69 Å². The maximum Gasteiger partial charge on any atom is 0.337 e. The molecule has 0 spiro atoms. The maximum absolute atomic E-state index is 13.4.